The molecule has 124 valence electrons. The molecule has 0 aliphatic rings. The molecule has 0 saturated carbocycles. The third-order valence-electron chi connectivity index (χ3n) is 3.36. The Morgan fingerprint density at radius 2 is 1.86 bits per heavy atom. The highest BCUT2D eigenvalue weighted by Crippen LogP contribution is 2.08. The molecule has 0 aromatic heterocycles. The number of nitrogens with two attached hydrogens (primary N) is 1. The number of sulfonamides is 1. The maximum Gasteiger partial charge on any atom is 0.238 e. The van der Waals surface area contributed by atoms with E-state index in [0.717, 1.165) is 31.5 Å². The second-order valence-corrected chi connectivity index (χ2v) is 6.93. The van der Waals surface area contributed by atoms with Crippen molar-refractivity contribution < 1.29 is 13.2 Å². The van der Waals surface area contributed by atoms with Crippen molar-refractivity contribution in [2.75, 3.05) is 20.1 Å². The van der Waals surface area contributed by atoms with Gasteiger partial charge >= 0.3 is 0 Å². The van der Waals surface area contributed by atoms with E-state index in [1.54, 1.807) is 12.1 Å². The lowest BCUT2D eigenvalue weighted by Crippen LogP contribution is -2.29. The summed E-state index contributed by atoms with van der Waals surface area (Å²) in [5, 5.41) is 7.85. The lowest BCUT2D eigenvalue weighted by atomic mass is 10.2. The van der Waals surface area contributed by atoms with E-state index in [1.807, 2.05) is 7.05 Å². The molecule has 7 heteroatoms. The van der Waals surface area contributed by atoms with Gasteiger partial charge in [0.1, 0.15) is 0 Å². The van der Waals surface area contributed by atoms with Crippen LogP contribution in [0.4, 0.5) is 0 Å². The van der Waals surface area contributed by atoms with Gasteiger partial charge in [-0.15, -0.1) is 0 Å². The molecule has 3 N–H and O–H groups in total. The van der Waals surface area contributed by atoms with Gasteiger partial charge in [0.25, 0.3) is 0 Å². The first-order valence-electron chi connectivity index (χ1n) is 7.40. The molecule has 0 bridgehead atoms. The van der Waals surface area contributed by atoms with E-state index in [-0.39, 0.29) is 10.8 Å². The number of nitrogens with one attached hydrogen (secondary N) is 1. The third-order valence-corrected chi connectivity index (χ3v) is 4.28. The van der Waals surface area contributed by atoms with Crippen LogP contribution in [-0.2, 0) is 21.4 Å². The molecule has 0 spiro atoms. The largest absolute Gasteiger partial charge is 0.352 e. The van der Waals surface area contributed by atoms with Gasteiger partial charge in [-0.1, -0.05) is 25.5 Å². The molecule has 1 amide bonds. The number of primary sulfonamides is 1. The minimum atomic E-state index is -3.67. The van der Waals surface area contributed by atoms with Crippen molar-refractivity contribution in [1.29, 1.82) is 0 Å². The van der Waals surface area contributed by atoms with Gasteiger partial charge in [-0.05, 0) is 37.7 Å². The van der Waals surface area contributed by atoms with E-state index in [4.69, 9.17) is 5.14 Å². The second kappa shape index (κ2) is 8.87. The predicted octanol–water partition coefficient (Wildman–Crippen LogP) is 1.07. The van der Waals surface area contributed by atoms with Crippen LogP contribution in [0.15, 0.2) is 29.2 Å². The molecule has 6 nitrogen and oxygen atoms in total. The van der Waals surface area contributed by atoms with Gasteiger partial charge in [-0.25, -0.2) is 13.6 Å². The summed E-state index contributed by atoms with van der Waals surface area (Å²) >= 11 is 0. The summed E-state index contributed by atoms with van der Waals surface area (Å²) in [6.45, 7) is 4.25. The summed E-state index contributed by atoms with van der Waals surface area (Å²) in [6.07, 6.45) is 2.73. The molecule has 0 aliphatic heterocycles. The SMILES string of the molecule is CCCCN(C)CCC(=O)NCc1ccc(S(N)(=O)=O)cc1. The minimum absolute atomic E-state index is 0.0149. The van der Waals surface area contributed by atoms with Gasteiger partial charge in [0.2, 0.25) is 15.9 Å². The van der Waals surface area contributed by atoms with E-state index >= 15 is 0 Å². The highest BCUT2D eigenvalue weighted by molar-refractivity contribution is 7.89. The fraction of sp³-hybridized carbons (Fsp3) is 0.533. The van der Waals surface area contributed by atoms with E-state index in [0.29, 0.717) is 13.0 Å². The Morgan fingerprint density at radius 3 is 2.41 bits per heavy atom. The number of amides is 1. The monoisotopic (exact) mass is 327 g/mol. The molecule has 0 radical (unpaired) electrons. The van der Waals surface area contributed by atoms with Gasteiger partial charge in [0, 0.05) is 19.5 Å². The first-order chi connectivity index (χ1) is 10.3. The molecule has 0 saturated heterocycles. The average Bonchev–Trinajstić information content (AvgIpc) is 2.48. The first-order valence-corrected chi connectivity index (χ1v) is 8.94. The van der Waals surface area contributed by atoms with Crippen LogP contribution in [0, 0.1) is 0 Å². The van der Waals surface area contributed by atoms with E-state index in [2.05, 4.69) is 17.1 Å². The van der Waals surface area contributed by atoms with Gasteiger partial charge in [-0.2, -0.15) is 0 Å². The van der Waals surface area contributed by atoms with Crippen LogP contribution in [0.1, 0.15) is 31.7 Å². The van der Waals surface area contributed by atoms with Crippen molar-refractivity contribution in [3.63, 3.8) is 0 Å². The van der Waals surface area contributed by atoms with Crippen LogP contribution in [0.25, 0.3) is 0 Å². The molecule has 0 unspecified atom stereocenters. The molecular formula is C15H25N3O3S. The fourth-order valence-corrected chi connectivity index (χ4v) is 2.43. The van der Waals surface area contributed by atoms with Crippen LogP contribution < -0.4 is 10.5 Å². The number of rotatable bonds is 9. The van der Waals surface area contributed by atoms with Gasteiger partial charge < -0.3 is 10.2 Å². The molecule has 22 heavy (non-hydrogen) atoms. The Balaban J connectivity index is 2.35. The topological polar surface area (TPSA) is 92.5 Å². The normalized spacial score (nSPS) is 11.6. The molecule has 0 fully saturated rings. The van der Waals surface area contributed by atoms with Crippen LogP contribution in [0.5, 0.6) is 0 Å². The Kier molecular flexibility index (Phi) is 7.50. The van der Waals surface area contributed by atoms with Crippen molar-refractivity contribution in [1.82, 2.24) is 10.2 Å². The van der Waals surface area contributed by atoms with Crippen LogP contribution >= 0.6 is 0 Å². The van der Waals surface area contributed by atoms with E-state index in [9.17, 15) is 13.2 Å². The lowest BCUT2D eigenvalue weighted by Gasteiger charge is -2.15. The Hall–Kier alpha value is -1.44. The number of unbranched alkanes of at least 4 members (excludes halogenated alkanes) is 1. The minimum Gasteiger partial charge on any atom is -0.352 e. The molecule has 0 aliphatic carbocycles. The predicted molar refractivity (Wildman–Crippen MR) is 86.7 cm³/mol. The smallest absolute Gasteiger partial charge is 0.238 e. The Bertz CT molecular complexity index is 570. The highest BCUT2D eigenvalue weighted by Gasteiger charge is 2.08. The van der Waals surface area contributed by atoms with Crippen molar-refractivity contribution in [2.45, 2.75) is 37.6 Å². The zero-order valence-electron chi connectivity index (χ0n) is 13.2. The van der Waals surface area contributed by atoms with E-state index < -0.39 is 10.0 Å². The zero-order valence-corrected chi connectivity index (χ0v) is 14.0. The molecule has 1 rings (SSSR count). The Labute approximate surface area is 132 Å². The molecule has 1 aromatic rings. The quantitative estimate of drug-likeness (QED) is 0.709. The summed E-state index contributed by atoms with van der Waals surface area (Å²) in [6, 6.07) is 6.17. The molecule has 1 aromatic carbocycles. The number of carbonyl (C=O) groups is 1. The first kappa shape index (κ1) is 18.6. The summed E-state index contributed by atoms with van der Waals surface area (Å²) in [7, 11) is -1.66. The van der Waals surface area contributed by atoms with Crippen molar-refractivity contribution in [3.05, 3.63) is 29.8 Å². The summed E-state index contributed by atoms with van der Waals surface area (Å²) < 4.78 is 22.3. The van der Waals surface area contributed by atoms with Gasteiger partial charge in [0.05, 0.1) is 4.90 Å². The summed E-state index contributed by atoms with van der Waals surface area (Å²) in [5.74, 6) is -0.0149. The van der Waals surface area contributed by atoms with Crippen LogP contribution in [0.2, 0.25) is 0 Å². The highest BCUT2D eigenvalue weighted by atomic mass is 32.2. The van der Waals surface area contributed by atoms with Crippen molar-refractivity contribution in [3.8, 4) is 0 Å². The van der Waals surface area contributed by atoms with Crippen LogP contribution in [0.3, 0.4) is 0 Å². The molecule has 0 atom stereocenters. The van der Waals surface area contributed by atoms with Gasteiger partial charge in [0.15, 0.2) is 0 Å². The van der Waals surface area contributed by atoms with Crippen LogP contribution in [-0.4, -0.2) is 39.4 Å². The molecule has 0 heterocycles. The standard InChI is InChI=1S/C15H25N3O3S/c1-3-4-10-18(2)11-9-15(19)17-12-13-5-7-14(8-6-13)22(16,20)21/h5-8H,3-4,9-12H2,1-2H3,(H,17,19)(H2,16,20,21). The van der Waals surface area contributed by atoms with E-state index in [1.165, 1.54) is 12.1 Å². The second-order valence-electron chi connectivity index (χ2n) is 5.37. The Morgan fingerprint density at radius 1 is 1.23 bits per heavy atom. The number of nitrogens with zero attached hydrogens (tertiary/aromatic N) is 1. The molecular weight excluding hydrogens is 302 g/mol. The summed E-state index contributed by atoms with van der Waals surface area (Å²) in [5.41, 5.74) is 0.833. The number of hydrogen-bond acceptors (Lipinski definition) is 4. The maximum atomic E-state index is 11.8. The number of hydrogen-bond donors (Lipinski definition) is 2. The number of benzene rings is 1. The van der Waals surface area contributed by atoms with Gasteiger partial charge in [-0.3, -0.25) is 4.79 Å². The maximum absolute atomic E-state index is 11.8. The number of carbonyl (C=O) groups excluding carboxylic acids is 1. The zero-order chi connectivity index (χ0) is 16.6. The third kappa shape index (κ3) is 7.02. The average molecular weight is 327 g/mol. The van der Waals surface area contributed by atoms with Crippen molar-refractivity contribution in [2.24, 2.45) is 5.14 Å². The lowest BCUT2D eigenvalue weighted by molar-refractivity contribution is -0.121. The van der Waals surface area contributed by atoms with Crippen molar-refractivity contribution >= 4 is 15.9 Å². The fourth-order valence-electron chi connectivity index (χ4n) is 1.92. The summed E-state index contributed by atoms with van der Waals surface area (Å²) in [4.78, 5) is 14.0.